The van der Waals surface area contributed by atoms with Crippen molar-refractivity contribution in [2.75, 3.05) is 39.8 Å². The number of hydrogen-bond acceptors (Lipinski definition) is 3. The van der Waals surface area contributed by atoms with Gasteiger partial charge in [-0.3, -0.25) is 4.90 Å². The van der Waals surface area contributed by atoms with Crippen LogP contribution in [0.5, 0.6) is 0 Å². The number of terminal acetylenes is 1. The second-order valence-electron chi connectivity index (χ2n) is 3.33. The monoisotopic (exact) mass is 182 g/mol. The summed E-state index contributed by atoms with van der Waals surface area (Å²) >= 11 is 0. The van der Waals surface area contributed by atoms with Gasteiger partial charge in [0.2, 0.25) is 0 Å². The van der Waals surface area contributed by atoms with E-state index in [1.165, 1.54) is 0 Å². The number of rotatable bonds is 5. The minimum absolute atomic E-state index is 0.438. The summed E-state index contributed by atoms with van der Waals surface area (Å²) in [5, 5.41) is 3.18. The van der Waals surface area contributed by atoms with E-state index in [-0.39, 0.29) is 0 Å². The molecule has 1 heterocycles. The molecule has 1 aliphatic heterocycles. The third kappa shape index (κ3) is 3.77. The molecule has 0 aromatic rings. The van der Waals surface area contributed by atoms with Crippen molar-refractivity contribution in [2.45, 2.75) is 12.5 Å². The third-order valence-corrected chi connectivity index (χ3v) is 2.39. The largest absolute Gasteiger partial charge is 0.380 e. The van der Waals surface area contributed by atoms with E-state index in [1.807, 2.05) is 0 Å². The summed E-state index contributed by atoms with van der Waals surface area (Å²) < 4.78 is 5.27. The first-order valence-electron chi connectivity index (χ1n) is 4.76. The summed E-state index contributed by atoms with van der Waals surface area (Å²) in [6.07, 6.45) is 6.72. The zero-order chi connectivity index (χ0) is 9.52. The van der Waals surface area contributed by atoms with Crippen LogP contribution in [0.4, 0.5) is 0 Å². The molecule has 3 nitrogen and oxygen atoms in total. The van der Waals surface area contributed by atoms with Crippen LogP contribution in [0.25, 0.3) is 0 Å². The molecular formula is C10H18N2O. The maximum absolute atomic E-state index is 5.27. The van der Waals surface area contributed by atoms with Gasteiger partial charge in [-0.05, 0) is 6.42 Å². The molecule has 1 saturated heterocycles. The molecule has 13 heavy (non-hydrogen) atoms. The van der Waals surface area contributed by atoms with Crippen LogP contribution in [0.15, 0.2) is 0 Å². The fourth-order valence-electron chi connectivity index (χ4n) is 1.59. The van der Waals surface area contributed by atoms with Crippen molar-refractivity contribution in [1.29, 1.82) is 0 Å². The highest BCUT2D eigenvalue weighted by atomic mass is 16.5. The lowest BCUT2D eigenvalue weighted by atomic mass is 10.3. The highest BCUT2D eigenvalue weighted by molar-refractivity contribution is 4.86. The normalized spacial score (nSPS) is 23.2. The highest BCUT2D eigenvalue weighted by Gasteiger charge is 2.20. The van der Waals surface area contributed by atoms with Crippen molar-refractivity contribution in [3.05, 3.63) is 0 Å². The predicted octanol–water partition coefficient (Wildman–Crippen LogP) is -0.0701. The van der Waals surface area contributed by atoms with Crippen molar-refractivity contribution >= 4 is 0 Å². The predicted molar refractivity (Wildman–Crippen MR) is 53.6 cm³/mol. The molecule has 0 aliphatic carbocycles. The van der Waals surface area contributed by atoms with E-state index in [1.54, 1.807) is 7.11 Å². The van der Waals surface area contributed by atoms with Crippen LogP contribution >= 0.6 is 0 Å². The van der Waals surface area contributed by atoms with Gasteiger partial charge in [0.05, 0.1) is 12.6 Å². The molecule has 0 aromatic carbocycles. The van der Waals surface area contributed by atoms with Crippen LogP contribution in [-0.2, 0) is 4.74 Å². The van der Waals surface area contributed by atoms with E-state index in [9.17, 15) is 0 Å². The Bertz CT molecular complexity index is 176. The molecule has 0 amide bonds. The van der Waals surface area contributed by atoms with Crippen LogP contribution in [-0.4, -0.2) is 50.8 Å². The van der Waals surface area contributed by atoms with Gasteiger partial charge in [-0.2, -0.15) is 0 Å². The molecule has 0 aromatic heterocycles. The minimum atomic E-state index is 0.438. The zero-order valence-corrected chi connectivity index (χ0v) is 8.25. The number of ether oxygens (including phenoxy) is 1. The van der Waals surface area contributed by atoms with Crippen LogP contribution in [0.2, 0.25) is 0 Å². The van der Waals surface area contributed by atoms with Crippen LogP contribution in [0, 0.1) is 12.3 Å². The summed E-state index contributed by atoms with van der Waals surface area (Å²) in [7, 11) is 1.78. The van der Waals surface area contributed by atoms with Gasteiger partial charge >= 0.3 is 0 Å². The Kier molecular flexibility index (Phi) is 4.84. The standard InChI is InChI=1S/C10H18N2O/c1-3-5-11-6-8-12-7-4-10(9-12)13-2/h1,10-11H,4-9H2,2H3. The van der Waals surface area contributed by atoms with E-state index < -0.39 is 0 Å². The van der Waals surface area contributed by atoms with Crippen molar-refractivity contribution in [3.8, 4) is 12.3 Å². The molecule has 0 bridgehead atoms. The molecule has 1 N–H and O–H groups in total. The molecule has 0 radical (unpaired) electrons. The van der Waals surface area contributed by atoms with Gasteiger partial charge in [0.1, 0.15) is 0 Å². The van der Waals surface area contributed by atoms with E-state index in [4.69, 9.17) is 11.2 Å². The van der Waals surface area contributed by atoms with E-state index in [0.717, 1.165) is 32.6 Å². The van der Waals surface area contributed by atoms with Gasteiger partial charge in [-0.15, -0.1) is 6.42 Å². The second kappa shape index (κ2) is 5.98. The summed E-state index contributed by atoms with van der Waals surface area (Å²) in [5.74, 6) is 2.56. The van der Waals surface area contributed by atoms with E-state index in [2.05, 4.69) is 16.1 Å². The Morgan fingerprint density at radius 1 is 1.69 bits per heavy atom. The van der Waals surface area contributed by atoms with E-state index >= 15 is 0 Å². The average molecular weight is 182 g/mol. The zero-order valence-electron chi connectivity index (χ0n) is 8.25. The molecule has 3 heteroatoms. The fraction of sp³-hybridized carbons (Fsp3) is 0.800. The smallest absolute Gasteiger partial charge is 0.0710 e. The number of hydrogen-bond donors (Lipinski definition) is 1. The van der Waals surface area contributed by atoms with Crippen LogP contribution < -0.4 is 5.32 Å². The van der Waals surface area contributed by atoms with Gasteiger partial charge in [-0.25, -0.2) is 0 Å². The Morgan fingerprint density at radius 2 is 2.54 bits per heavy atom. The number of likely N-dealkylation sites (tertiary alicyclic amines) is 1. The molecule has 1 unspecified atom stereocenters. The lowest BCUT2D eigenvalue weighted by Gasteiger charge is -2.14. The Morgan fingerprint density at radius 3 is 3.15 bits per heavy atom. The van der Waals surface area contributed by atoms with E-state index in [0.29, 0.717) is 12.6 Å². The van der Waals surface area contributed by atoms with Crippen molar-refractivity contribution < 1.29 is 4.74 Å². The molecule has 1 fully saturated rings. The van der Waals surface area contributed by atoms with Gasteiger partial charge in [0.25, 0.3) is 0 Å². The van der Waals surface area contributed by atoms with Gasteiger partial charge in [0, 0.05) is 33.3 Å². The van der Waals surface area contributed by atoms with Gasteiger partial charge in [-0.1, -0.05) is 5.92 Å². The quantitative estimate of drug-likeness (QED) is 0.476. The lowest BCUT2D eigenvalue weighted by molar-refractivity contribution is 0.108. The number of nitrogens with zero attached hydrogens (tertiary/aromatic N) is 1. The molecule has 0 spiro atoms. The molecule has 1 aliphatic rings. The molecule has 1 atom stereocenters. The number of nitrogens with one attached hydrogen (secondary N) is 1. The number of methoxy groups -OCH3 is 1. The molecule has 1 rings (SSSR count). The Labute approximate surface area is 80.4 Å². The molecule has 0 saturated carbocycles. The minimum Gasteiger partial charge on any atom is -0.380 e. The molecular weight excluding hydrogens is 164 g/mol. The molecule has 74 valence electrons. The topological polar surface area (TPSA) is 24.5 Å². The summed E-state index contributed by atoms with van der Waals surface area (Å²) in [5.41, 5.74) is 0. The first-order chi connectivity index (χ1) is 6.36. The van der Waals surface area contributed by atoms with Crippen LogP contribution in [0.3, 0.4) is 0 Å². The van der Waals surface area contributed by atoms with Gasteiger partial charge < -0.3 is 10.1 Å². The fourth-order valence-corrected chi connectivity index (χ4v) is 1.59. The van der Waals surface area contributed by atoms with Gasteiger partial charge in [0.15, 0.2) is 0 Å². The summed E-state index contributed by atoms with van der Waals surface area (Å²) in [4.78, 5) is 2.40. The maximum Gasteiger partial charge on any atom is 0.0710 e. The third-order valence-electron chi connectivity index (χ3n) is 2.39. The van der Waals surface area contributed by atoms with Crippen LogP contribution in [0.1, 0.15) is 6.42 Å². The maximum atomic E-state index is 5.27. The second-order valence-corrected chi connectivity index (χ2v) is 3.33. The average Bonchev–Trinajstić information content (AvgIpc) is 2.60. The lowest BCUT2D eigenvalue weighted by Crippen LogP contribution is -2.31. The highest BCUT2D eigenvalue weighted by Crippen LogP contribution is 2.10. The van der Waals surface area contributed by atoms with Crippen molar-refractivity contribution in [1.82, 2.24) is 10.2 Å². The van der Waals surface area contributed by atoms with Crippen molar-refractivity contribution in [3.63, 3.8) is 0 Å². The SMILES string of the molecule is C#CCNCCN1CCC(OC)C1. The summed E-state index contributed by atoms with van der Waals surface area (Å²) in [6, 6.07) is 0. The first kappa shape index (κ1) is 10.5. The van der Waals surface area contributed by atoms with Crippen molar-refractivity contribution in [2.24, 2.45) is 0 Å². The Hall–Kier alpha value is -0.560. The summed E-state index contributed by atoms with van der Waals surface area (Å²) in [6.45, 7) is 4.92. The Balaban J connectivity index is 2.01. The first-order valence-corrected chi connectivity index (χ1v) is 4.76.